The van der Waals surface area contributed by atoms with Crippen LogP contribution in [0.1, 0.15) is 24.8 Å². The highest BCUT2D eigenvalue weighted by atomic mass is 19.4. The molecule has 0 aliphatic heterocycles. The number of hydrogen-bond acceptors (Lipinski definition) is 3. The van der Waals surface area contributed by atoms with Crippen LogP contribution in [-0.4, -0.2) is 19.3 Å². The fourth-order valence-corrected chi connectivity index (χ4v) is 1.70. The molecule has 0 aliphatic rings. The summed E-state index contributed by atoms with van der Waals surface area (Å²) in [6.07, 6.45) is -4.21. The maximum Gasteiger partial charge on any atom is 0.389 e. The third kappa shape index (κ3) is 7.00. The number of nitrogens with zero attached hydrogens (tertiary/aromatic N) is 1. The van der Waals surface area contributed by atoms with Crippen LogP contribution in [0.25, 0.3) is 0 Å². The van der Waals surface area contributed by atoms with Crippen LogP contribution in [0.2, 0.25) is 0 Å². The minimum Gasteiger partial charge on any atom is -0.478 e. The van der Waals surface area contributed by atoms with Gasteiger partial charge in [-0.2, -0.15) is 18.4 Å². The molecule has 1 N–H and O–H groups in total. The zero-order valence-corrected chi connectivity index (χ0v) is 11.0. The Labute approximate surface area is 116 Å². The fraction of sp³-hybridized carbons (Fsp3) is 0.500. The molecule has 110 valence electrons. The van der Waals surface area contributed by atoms with E-state index in [1.807, 2.05) is 18.2 Å². The summed E-state index contributed by atoms with van der Waals surface area (Å²) in [5.74, 6) is 0.622. The predicted molar refractivity (Wildman–Crippen MR) is 69.2 cm³/mol. The van der Waals surface area contributed by atoms with Crippen molar-refractivity contribution in [2.45, 2.75) is 32.0 Å². The second-order valence-corrected chi connectivity index (χ2v) is 4.30. The number of nitriles is 1. The van der Waals surface area contributed by atoms with Crippen molar-refractivity contribution in [3.8, 4) is 11.8 Å². The Morgan fingerprint density at radius 1 is 1.20 bits per heavy atom. The number of benzene rings is 1. The molecule has 3 nitrogen and oxygen atoms in total. The molecule has 0 aliphatic carbocycles. The van der Waals surface area contributed by atoms with Gasteiger partial charge in [0.25, 0.3) is 0 Å². The Morgan fingerprint density at radius 2 is 1.95 bits per heavy atom. The fourth-order valence-electron chi connectivity index (χ4n) is 1.70. The third-order valence-corrected chi connectivity index (χ3v) is 2.64. The minimum atomic E-state index is -4.07. The Morgan fingerprint density at radius 3 is 2.65 bits per heavy atom. The van der Waals surface area contributed by atoms with Crippen LogP contribution in [-0.2, 0) is 6.54 Å². The van der Waals surface area contributed by atoms with E-state index in [4.69, 9.17) is 10.00 Å². The van der Waals surface area contributed by atoms with Gasteiger partial charge in [0.15, 0.2) is 6.61 Å². The Hall–Kier alpha value is -1.74. The lowest BCUT2D eigenvalue weighted by Gasteiger charge is -2.10. The van der Waals surface area contributed by atoms with E-state index in [1.54, 1.807) is 12.1 Å². The van der Waals surface area contributed by atoms with Gasteiger partial charge in [0.2, 0.25) is 0 Å². The molecule has 0 unspecified atom stereocenters. The number of unbranched alkanes of at least 4 members (excludes halogenated alkanes) is 1. The lowest BCUT2D eigenvalue weighted by molar-refractivity contribution is -0.135. The second-order valence-electron chi connectivity index (χ2n) is 4.30. The zero-order valence-electron chi connectivity index (χ0n) is 11.0. The zero-order chi connectivity index (χ0) is 14.8. The third-order valence-electron chi connectivity index (χ3n) is 2.64. The quantitative estimate of drug-likeness (QED) is 0.745. The molecular formula is C14H17F3N2O. The van der Waals surface area contributed by atoms with Gasteiger partial charge in [-0.15, -0.1) is 0 Å². The first-order chi connectivity index (χ1) is 9.53. The van der Waals surface area contributed by atoms with Crippen molar-refractivity contribution in [2.75, 3.05) is 13.2 Å². The molecule has 0 saturated carbocycles. The van der Waals surface area contributed by atoms with E-state index in [1.165, 1.54) is 0 Å². The number of hydrogen-bond donors (Lipinski definition) is 1. The maximum absolute atomic E-state index is 11.9. The molecule has 0 amide bonds. The van der Waals surface area contributed by atoms with Gasteiger partial charge in [-0.1, -0.05) is 18.2 Å². The SMILES string of the molecule is N#CCOc1ccccc1CNCCCCC(F)(F)F. The van der Waals surface area contributed by atoms with Crippen LogP contribution >= 0.6 is 0 Å². The molecule has 0 bridgehead atoms. The van der Waals surface area contributed by atoms with Crippen molar-refractivity contribution in [2.24, 2.45) is 0 Å². The number of halogens is 3. The van der Waals surface area contributed by atoms with E-state index < -0.39 is 12.6 Å². The molecule has 0 radical (unpaired) electrons. The van der Waals surface area contributed by atoms with E-state index in [2.05, 4.69) is 5.32 Å². The number of alkyl halides is 3. The maximum atomic E-state index is 11.9. The molecule has 6 heteroatoms. The number of rotatable bonds is 8. The van der Waals surface area contributed by atoms with Crippen molar-refractivity contribution in [1.82, 2.24) is 5.32 Å². The van der Waals surface area contributed by atoms with Crippen LogP contribution in [0.4, 0.5) is 13.2 Å². The van der Waals surface area contributed by atoms with Gasteiger partial charge in [-0.25, -0.2) is 0 Å². The van der Waals surface area contributed by atoms with Crippen LogP contribution in [0.15, 0.2) is 24.3 Å². The van der Waals surface area contributed by atoms with E-state index in [0.717, 1.165) is 5.56 Å². The highest BCUT2D eigenvalue weighted by Gasteiger charge is 2.25. The van der Waals surface area contributed by atoms with Gasteiger partial charge in [0.05, 0.1) is 0 Å². The molecule has 1 rings (SSSR count). The first-order valence-electron chi connectivity index (χ1n) is 6.38. The summed E-state index contributed by atoms with van der Waals surface area (Å²) in [4.78, 5) is 0. The first-order valence-corrected chi connectivity index (χ1v) is 6.38. The second kappa shape index (κ2) is 8.43. The molecule has 1 aromatic carbocycles. The van der Waals surface area contributed by atoms with Gasteiger partial charge in [-0.05, 0) is 25.5 Å². The Bertz CT molecular complexity index is 441. The highest BCUT2D eigenvalue weighted by molar-refractivity contribution is 5.33. The van der Waals surface area contributed by atoms with E-state index >= 15 is 0 Å². The van der Waals surface area contributed by atoms with Crippen molar-refractivity contribution in [1.29, 1.82) is 5.26 Å². The minimum absolute atomic E-state index is 0.0252. The van der Waals surface area contributed by atoms with Gasteiger partial charge in [-0.3, -0.25) is 0 Å². The lowest BCUT2D eigenvalue weighted by atomic mass is 10.2. The van der Waals surface area contributed by atoms with Crippen LogP contribution in [0.3, 0.4) is 0 Å². The normalized spacial score (nSPS) is 11.1. The summed E-state index contributed by atoms with van der Waals surface area (Å²) in [6, 6.07) is 9.16. The largest absolute Gasteiger partial charge is 0.478 e. The highest BCUT2D eigenvalue weighted by Crippen LogP contribution is 2.22. The van der Waals surface area contributed by atoms with Crippen LogP contribution in [0.5, 0.6) is 5.75 Å². The van der Waals surface area contributed by atoms with Gasteiger partial charge in [0, 0.05) is 18.5 Å². The molecule has 0 heterocycles. The van der Waals surface area contributed by atoms with Crippen molar-refractivity contribution in [3.05, 3.63) is 29.8 Å². The lowest BCUT2D eigenvalue weighted by Crippen LogP contribution is -2.16. The van der Waals surface area contributed by atoms with Crippen molar-refractivity contribution >= 4 is 0 Å². The van der Waals surface area contributed by atoms with Crippen molar-refractivity contribution < 1.29 is 17.9 Å². The summed E-state index contributed by atoms with van der Waals surface area (Å²) < 4.78 is 41.1. The summed E-state index contributed by atoms with van der Waals surface area (Å²) in [5.41, 5.74) is 0.888. The number of para-hydroxylation sites is 1. The van der Waals surface area contributed by atoms with Crippen LogP contribution < -0.4 is 10.1 Å². The average molecular weight is 286 g/mol. The average Bonchev–Trinajstić information content (AvgIpc) is 2.40. The molecule has 0 saturated heterocycles. The number of ether oxygens (including phenoxy) is 1. The summed E-state index contributed by atoms with van der Waals surface area (Å²) in [7, 11) is 0. The van der Waals surface area contributed by atoms with Gasteiger partial charge >= 0.3 is 6.18 Å². The molecule has 20 heavy (non-hydrogen) atoms. The van der Waals surface area contributed by atoms with E-state index in [9.17, 15) is 13.2 Å². The van der Waals surface area contributed by atoms with Gasteiger partial charge in [0.1, 0.15) is 11.8 Å². The van der Waals surface area contributed by atoms with E-state index in [0.29, 0.717) is 25.3 Å². The molecule has 0 spiro atoms. The summed E-state index contributed by atoms with van der Waals surface area (Å²) >= 11 is 0. The molecule has 1 aromatic rings. The topological polar surface area (TPSA) is 45.0 Å². The predicted octanol–water partition coefficient (Wildman–Crippen LogP) is 3.41. The molecular weight excluding hydrogens is 269 g/mol. The standard InChI is InChI=1S/C14H17F3N2O/c15-14(16,17)7-3-4-9-19-11-12-5-1-2-6-13(12)20-10-8-18/h1-2,5-6,19H,3-4,7,9-11H2. The van der Waals surface area contributed by atoms with E-state index in [-0.39, 0.29) is 13.0 Å². The number of nitrogens with one attached hydrogen (secondary N) is 1. The Balaban J connectivity index is 2.26. The Kier molecular flexibility index (Phi) is 6.88. The molecule has 0 aromatic heterocycles. The summed E-state index contributed by atoms with van der Waals surface area (Å²) in [5, 5.41) is 11.5. The monoisotopic (exact) mass is 286 g/mol. The summed E-state index contributed by atoms with van der Waals surface area (Å²) in [6.45, 7) is 0.999. The van der Waals surface area contributed by atoms with Gasteiger partial charge < -0.3 is 10.1 Å². The van der Waals surface area contributed by atoms with Crippen molar-refractivity contribution in [3.63, 3.8) is 0 Å². The molecule has 0 fully saturated rings. The molecule has 0 atom stereocenters. The van der Waals surface area contributed by atoms with Crippen LogP contribution in [0, 0.1) is 11.3 Å². The smallest absolute Gasteiger partial charge is 0.389 e. The first kappa shape index (κ1) is 16.3.